The zero-order valence-electron chi connectivity index (χ0n) is 17.6. The summed E-state index contributed by atoms with van der Waals surface area (Å²) in [6, 6.07) is 5.57. The smallest absolute Gasteiger partial charge is 0.330 e. The first-order valence-electron chi connectivity index (χ1n) is 9.92. The number of nitrogens with one attached hydrogen (secondary N) is 1. The van der Waals surface area contributed by atoms with Gasteiger partial charge in [-0.25, -0.2) is 18.9 Å². The second-order valence-corrected chi connectivity index (χ2v) is 6.92. The van der Waals surface area contributed by atoms with Gasteiger partial charge in [-0.3, -0.25) is 24.0 Å². The normalized spacial score (nSPS) is 11.0. The number of amides is 1. The van der Waals surface area contributed by atoms with E-state index in [1.54, 1.807) is 13.8 Å². The molecule has 164 valence electrons. The first-order valence-corrected chi connectivity index (χ1v) is 9.92. The van der Waals surface area contributed by atoms with Crippen molar-refractivity contribution >= 4 is 17.4 Å². The summed E-state index contributed by atoms with van der Waals surface area (Å²) in [5.41, 5.74) is 5.14. The van der Waals surface area contributed by atoms with Gasteiger partial charge in [-0.2, -0.15) is 0 Å². The molecule has 3 rings (SSSR count). The number of nitrogens with zero attached hydrogens (tertiary/aromatic N) is 5. The van der Waals surface area contributed by atoms with E-state index in [0.717, 1.165) is 11.3 Å². The molecule has 0 aliphatic heterocycles. The average Bonchev–Trinajstić information content (AvgIpc) is 3.12. The Kier molecular flexibility index (Phi) is 6.33. The average molecular weight is 429 g/mol. The van der Waals surface area contributed by atoms with Crippen LogP contribution in [0.4, 0.5) is 15.9 Å². The Bertz CT molecular complexity index is 1210. The number of carbonyl (C=O) groups is 1. The van der Waals surface area contributed by atoms with Crippen molar-refractivity contribution in [2.75, 3.05) is 17.2 Å². The largest absolute Gasteiger partial charge is 0.383 e. The topological polar surface area (TPSA) is 132 Å². The lowest BCUT2D eigenvalue weighted by Crippen LogP contribution is -2.41. The summed E-state index contributed by atoms with van der Waals surface area (Å²) < 4.78 is 15.9. The lowest BCUT2D eigenvalue weighted by atomic mass is 10.3. The van der Waals surface area contributed by atoms with Crippen molar-refractivity contribution in [1.29, 1.82) is 0 Å². The molecule has 0 spiro atoms. The minimum Gasteiger partial charge on any atom is -0.383 e. The van der Waals surface area contributed by atoms with Gasteiger partial charge in [0.2, 0.25) is 5.82 Å². The molecule has 1 aromatic carbocycles. The van der Waals surface area contributed by atoms with E-state index in [1.807, 2.05) is 6.92 Å². The minimum atomic E-state index is -0.764. The van der Waals surface area contributed by atoms with E-state index in [-0.39, 0.29) is 23.9 Å². The van der Waals surface area contributed by atoms with Crippen LogP contribution < -0.4 is 21.9 Å². The number of rotatable bonds is 7. The molecule has 2 aromatic heterocycles. The maximum absolute atomic E-state index is 13.2. The van der Waals surface area contributed by atoms with Crippen molar-refractivity contribution < 1.29 is 9.18 Å². The molecule has 0 saturated heterocycles. The predicted molar refractivity (Wildman–Crippen MR) is 114 cm³/mol. The zero-order chi connectivity index (χ0) is 22.7. The van der Waals surface area contributed by atoms with E-state index in [0.29, 0.717) is 24.5 Å². The number of hydrogen-bond donors (Lipinski definition) is 2. The van der Waals surface area contributed by atoms with Gasteiger partial charge in [0.25, 0.3) is 11.5 Å². The number of aromatic amines is 1. The molecule has 0 radical (unpaired) electrons. The monoisotopic (exact) mass is 429 g/mol. The third-order valence-electron chi connectivity index (χ3n) is 4.81. The van der Waals surface area contributed by atoms with Crippen molar-refractivity contribution in [3.63, 3.8) is 0 Å². The van der Waals surface area contributed by atoms with Crippen LogP contribution in [0.25, 0.3) is 5.69 Å². The molecule has 3 N–H and O–H groups in total. The fourth-order valence-electron chi connectivity index (χ4n) is 3.21. The van der Waals surface area contributed by atoms with Gasteiger partial charge in [-0.15, -0.1) is 5.10 Å². The molecule has 31 heavy (non-hydrogen) atoms. The second-order valence-electron chi connectivity index (χ2n) is 6.92. The number of nitrogens with two attached hydrogens (primary N) is 1. The van der Waals surface area contributed by atoms with Crippen LogP contribution in [-0.2, 0) is 6.54 Å². The second kappa shape index (κ2) is 8.94. The molecule has 0 bridgehead atoms. The first kappa shape index (κ1) is 21.9. The Morgan fingerprint density at radius 1 is 1.23 bits per heavy atom. The number of carbonyl (C=O) groups excluding carboxylic acids is 1. The van der Waals surface area contributed by atoms with E-state index >= 15 is 0 Å². The number of halogens is 1. The summed E-state index contributed by atoms with van der Waals surface area (Å²) in [4.78, 5) is 45.4. The van der Waals surface area contributed by atoms with Gasteiger partial charge in [-0.05, 0) is 44.5 Å². The van der Waals surface area contributed by atoms with Gasteiger partial charge in [0, 0.05) is 13.1 Å². The molecule has 0 atom stereocenters. The number of aromatic nitrogens is 5. The fraction of sp³-hybridized carbons (Fsp3) is 0.350. The Hall–Kier alpha value is -3.76. The number of unbranched alkanes of at least 4 members (excludes halogenated alkanes) is 1. The van der Waals surface area contributed by atoms with Crippen LogP contribution in [0.2, 0.25) is 0 Å². The summed E-state index contributed by atoms with van der Waals surface area (Å²) in [6.45, 7) is 5.69. The highest BCUT2D eigenvalue weighted by Gasteiger charge is 2.27. The van der Waals surface area contributed by atoms with E-state index < -0.39 is 23.0 Å². The van der Waals surface area contributed by atoms with Crippen LogP contribution in [0.1, 0.15) is 43.1 Å². The Labute approximate surface area is 177 Å². The standard InChI is InChI=1S/C20H24FN7O3/c1-4-6-11-27-16(22)15(18(29)24-20(27)31)26(5-2)19(30)17-23-12(3)28(25-17)14-9-7-13(21)8-10-14/h7-10H,4-6,11,22H2,1-3H3,(H,24,29,31). The zero-order valence-corrected chi connectivity index (χ0v) is 17.6. The Morgan fingerprint density at radius 3 is 2.52 bits per heavy atom. The van der Waals surface area contributed by atoms with E-state index in [9.17, 15) is 18.8 Å². The Morgan fingerprint density at radius 2 is 1.90 bits per heavy atom. The third kappa shape index (κ3) is 4.25. The highest BCUT2D eigenvalue weighted by Crippen LogP contribution is 2.19. The molecule has 0 aliphatic rings. The molecule has 0 unspecified atom stereocenters. The molecular weight excluding hydrogens is 405 g/mol. The third-order valence-corrected chi connectivity index (χ3v) is 4.81. The maximum Gasteiger partial charge on any atom is 0.330 e. The van der Waals surface area contributed by atoms with Crippen molar-refractivity contribution in [1.82, 2.24) is 24.3 Å². The molecule has 0 fully saturated rings. The van der Waals surface area contributed by atoms with Crippen LogP contribution in [-0.4, -0.2) is 36.8 Å². The predicted octanol–water partition coefficient (Wildman–Crippen LogP) is 1.61. The fourth-order valence-corrected chi connectivity index (χ4v) is 3.21. The molecule has 3 aromatic rings. The molecule has 0 aliphatic carbocycles. The van der Waals surface area contributed by atoms with E-state index in [2.05, 4.69) is 15.1 Å². The van der Waals surface area contributed by atoms with Crippen LogP contribution in [0.15, 0.2) is 33.9 Å². The minimum absolute atomic E-state index is 0.0907. The van der Waals surface area contributed by atoms with Crippen LogP contribution >= 0.6 is 0 Å². The molecule has 2 heterocycles. The van der Waals surface area contributed by atoms with Gasteiger partial charge in [-0.1, -0.05) is 13.3 Å². The summed E-state index contributed by atoms with van der Waals surface area (Å²) in [5.74, 6) is -0.895. The van der Waals surface area contributed by atoms with Gasteiger partial charge < -0.3 is 5.73 Å². The molecular formula is C20H24FN7O3. The summed E-state index contributed by atoms with van der Waals surface area (Å²) >= 11 is 0. The van der Waals surface area contributed by atoms with E-state index in [4.69, 9.17) is 5.73 Å². The first-order chi connectivity index (χ1) is 14.8. The number of nitrogen functional groups attached to an aromatic ring is 1. The number of benzene rings is 1. The van der Waals surface area contributed by atoms with Crippen LogP contribution in [0, 0.1) is 12.7 Å². The van der Waals surface area contributed by atoms with Crippen LogP contribution in [0.3, 0.4) is 0 Å². The van der Waals surface area contributed by atoms with Crippen molar-refractivity contribution in [3.05, 3.63) is 62.6 Å². The molecule has 10 nitrogen and oxygen atoms in total. The van der Waals surface area contributed by atoms with E-state index in [1.165, 1.54) is 33.5 Å². The number of hydrogen-bond acceptors (Lipinski definition) is 6. The molecule has 1 amide bonds. The van der Waals surface area contributed by atoms with Crippen molar-refractivity contribution in [3.8, 4) is 5.69 Å². The van der Waals surface area contributed by atoms with Gasteiger partial charge >= 0.3 is 5.69 Å². The number of aryl methyl sites for hydroxylation is 1. The highest BCUT2D eigenvalue weighted by molar-refractivity contribution is 6.04. The quantitative estimate of drug-likeness (QED) is 0.586. The summed E-state index contributed by atoms with van der Waals surface area (Å²) in [7, 11) is 0. The molecule has 11 heteroatoms. The maximum atomic E-state index is 13.2. The number of H-pyrrole nitrogens is 1. The van der Waals surface area contributed by atoms with Gasteiger partial charge in [0.1, 0.15) is 17.5 Å². The lowest BCUT2D eigenvalue weighted by molar-refractivity contribution is 0.0978. The van der Waals surface area contributed by atoms with Crippen molar-refractivity contribution in [2.24, 2.45) is 0 Å². The Balaban J connectivity index is 2.03. The highest BCUT2D eigenvalue weighted by atomic mass is 19.1. The lowest BCUT2D eigenvalue weighted by Gasteiger charge is -2.21. The van der Waals surface area contributed by atoms with Crippen molar-refractivity contribution in [2.45, 2.75) is 40.2 Å². The van der Waals surface area contributed by atoms with Crippen LogP contribution in [0.5, 0.6) is 0 Å². The summed E-state index contributed by atoms with van der Waals surface area (Å²) in [6.07, 6.45) is 1.50. The van der Waals surface area contributed by atoms with Gasteiger partial charge in [0.15, 0.2) is 5.69 Å². The number of anilines is 2. The molecule has 0 saturated carbocycles. The summed E-state index contributed by atoms with van der Waals surface area (Å²) in [5, 5.41) is 4.22. The van der Waals surface area contributed by atoms with Gasteiger partial charge in [0.05, 0.1) is 5.69 Å². The SMILES string of the molecule is CCCCn1c(N)c(N(CC)C(=O)c2nc(C)n(-c3ccc(F)cc3)n2)c(=O)[nH]c1=O.